The first kappa shape index (κ1) is 29.6. The topological polar surface area (TPSA) is 99.3 Å². The van der Waals surface area contributed by atoms with Crippen LogP contribution in [0.5, 0.6) is 0 Å². The second kappa shape index (κ2) is 12.4. The van der Waals surface area contributed by atoms with Gasteiger partial charge in [0.1, 0.15) is 17.7 Å². The first-order valence-electron chi connectivity index (χ1n) is 13.8. The van der Waals surface area contributed by atoms with Crippen LogP contribution in [0.1, 0.15) is 38.3 Å². The van der Waals surface area contributed by atoms with Gasteiger partial charge in [-0.1, -0.05) is 72.8 Å². The van der Waals surface area contributed by atoms with E-state index in [0.29, 0.717) is 0 Å². The number of hydrogen-bond donors (Lipinski definition) is 1. The van der Waals surface area contributed by atoms with Crippen LogP contribution in [-0.2, 0) is 32.0 Å². The van der Waals surface area contributed by atoms with Crippen molar-refractivity contribution in [3.63, 3.8) is 0 Å². The van der Waals surface area contributed by atoms with Gasteiger partial charge in [0.25, 0.3) is 5.91 Å². The van der Waals surface area contributed by atoms with Crippen molar-refractivity contribution in [1.82, 2.24) is 20.2 Å². The summed E-state index contributed by atoms with van der Waals surface area (Å²) in [6.07, 6.45) is 0.0274. The van der Waals surface area contributed by atoms with E-state index in [2.05, 4.69) is 5.43 Å². The molecule has 0 radical (unpaired) electrons. The average Bonchev–Trinajstić information content (AvgIpc) is 3.39. The maximum Gasteiger partial charge on any atom is 0.410 e. The number of nitrogens with one attached hydrogen (secondary N) is 1. The van der Waals surface area contributed by atoms with Crippen molar-refractivity contribution in [3.05, 3.63) is 83.9 Å². The van der Waals surface area contributed by atoms with E-state index >= 15 is 0 Å². The number of benzene rings is 3. The highest BCUT2D eigenvalue weighted by Gasteiger charge is 2.39. The van der Waals surface area contributed by atoms with E-state index in [1.807, 2.05) is 72.8 Å². The van der Waals surface area contributed by atoms with Crippen LogP contribution in [-0.4, -0.2) is 76.9 Å². The fraction of sp³-hybridized carbons (Fsp3) is 0.375. The summed E-state index contributed by atoms with van der Waals surface area (Å²) in [5.41, 5.74) is 3.56. The fourth-order valence-electron chi connectivity index (χ4n) is 4.88. The van der Waals surface area contributed by atoms with Gasteiger partial charge < -0.3 is 9.64 Å². The van der Waals surface area contributed by atoms with E-state index in [1.165, 1.54) is 14.8 Å². The molecule has 2 atom stereocenters. The maximum absolute atomic E-state index is 14.3. The Bertz CT molecular complexity index is 1420. The number of hydrazine groups is 1. The summed E-state index contributed by atoms with van der Waals surface area (Å²) in [6, 6.07) is 21.4. The molecule has 2 unspecified atom stereocenters. The van der Waals surface area contributed by atoms with Crippen molar-refractivity contribution < 1.29 is 23.9 Å². The maximum atomic E-state index is 14.3. The lowest BCUT2D eigenvalue weighted by Gasteiger charge is -2.36. The van der Waals surface area contributed by atoms with Gasteiger partial charge in [0, 0.05) is 33.4 Å². The summed E-state index contributed by atoms with van der Waals surface area (Å²) in [7, 11) is 3.11. The minimum atomic E-state index is -0.949. The molecule has 3 aromatic rings. The van der Waals surface area contributed by atoms with E-state index in [0.717, 1.165) is 21.9 Å². The Hall–Kier alpha value is -4.40. The highest BCUT2D eigenvalue weighted by atomic mass is 16.6. The van der Waals surface area contributed by atoms with Gasteiger partial charge in [0.15, 0.2) is 0 Å². The molecule has 1 aliphatic heterocycles. The van der Waals surface area contributed by atoms with Gasteiger partial charge in [-0.15, -0.1) is 0 Å². The van der Waals surface area contributed by atoms with Gasteiger partial charge in [0.05, 0.1) is 6.54 Å². The number of nitrogens with zero attached hydrogens (tertiary/aromatic N) is 3. The zero-order valence-corrected chi connectivity index (χ0v) is 24.3. The van der Waals surface area contributed by atoms with Crippen LogP contribution >= 0.6 is 0 Å². The third-order valence-electron chi connectivity index (χ3n) is 7.14. The van der Waals surface area contributed by atoms with Gasteiger partial charge in [-0.3, -0.25) is 29.7 Å². The zero-order valence-electron chi connectivity index (χ0n) is 24.3. The number of amides is 4. The number of rotatable bonds is 8. The van der Waals surface area contributed by atoms with E-state index < -0.39 is 29.7 Å². The monoisotopic (exact) mass is 558 g/mol. The molecule has 3 aromatic carbocycles. The number of likely N-dealkylation sites (N-methyl/N-ethyl adjacent to an activating group) is 2. The highest BCUT2D eigenvalue weighted by Crippen LogP contribution is 2.22. The van der Waals surface area contributed by atoms with Crippen LogP contribution in [0.3, 0.4) is 0 Å². The van der Waals surface area contributed by atoms with E-state index in [1.54, 1.807) is 34.9 Å². The summed E-state index contributed by atoms with van der Waals surface area (Å²) < 4.78 is 5.61. The molecule has 0 bridgehead atoms. The Balaban J connectivity index is 1.67. The summed E-state index contributed by atoms with van der Waals surface area (Å²) in [5.74, 6) is -1.05. The molecule has 1 fully saturated rings. The molecule has 1 heterocycles. The Morgan fingerprint density at radius 1 is 0.854 bits per heavy atom. The van der Waals surface area contributed by atoms with Gasteiger partial charge in [-0.25, -0.2) is 4.79 Å². The smallest absolute Gasteiger partial charge is 0.410 e. The van der Waals surface area contributed by atoms with E-state index in [4.69, 9.17) is 4.74 Å². The molecule has 1 aliphatic rings. The third kappa shape index (κ3) is 7.42. The lowest BCUT2D eigenvalue weighted by molar-refractivity contribution is -0.148. The van der Waals surface area contributed by atoms with Crippen LogP contribution in [0.2, 0.25) is 0 Å². The van der Waals surface area contributed by atoms with Crippen LogP contribution in [0.4, 0.5) is 4.79 Å². The van der Waals surface area contributed by atoms with Gasteiger partial charge in [0.2, 0.25) is 11.8 Å². The molecule has 4 rings (SSSR count). The number of hydrogen-bond acceptors (Lipinski definition) is 5. The zero-order chi connectivity index (χ0) is 29.7. The molecule has 1 saturated heterocycles. The summed E-state index contributed by atoms with van der Waals surface area (Å²) >= 11 is 0. The third-order valence-corrected chi connectivity index (χ3v) is 7.14. The second-order valence-electron chi connectivity index (χ2n) is 11.4. The van der Waals surface area contributed by atoms with Crippen molar-refractivity contribution in [2.45, 2.75) is 57.7 Å². The Morgan fingerprint density at radius 3 is 2.12 bits per heavy atom. The van der Waals surface area contributed by atoms with Gasteiger partial charge >= 0.3 is 6.09 Å². The quantitative estimate of drug-likeness (QED) is 0.452. The molecule has 9 heteroatoms. The number of ether oxygens (including phenoxy) is 1. The SMILES string of the molecule is CN(C(=O)OC(C)(C)C)C(Cc1ccc2ccccc2c1)C(=O)N(C)C(Cc1ccccc1)C(=O)N1CCC(=O)N1. The predicted octanol–water partition coefficient (Wildman–Crippen LogP) is 3.95. The van der Waals surface area contributed by atoms with Crippen LogP contribution in [0, 0.1) is 0 Å². The standard InChI is InChI=1S/C32H38N4O5/c1-32(2,3)41-31(40)35(5)26(21-23-15-16-24-13-9-10-14-25(24)19-23)29(38)34(4)27(20-22-11-7-6-8-12-22)30(39)36-18-17-28(37)33-36/h6-16,19,26-27H,17-18,20-21H2,1-5H3,(H,33,37). The lowest BCUT2D eigenvalue weighted by Crippen LogP contribution is -2.57. The molecule has 41 heavy (non-hydrogen) atoms. The molecular formula is C32H38N4O5. The molecule has 0 saturated carbocycles. The Morgan fingerprint density at radius 2 is 1.49 bits per heavy atom. The molecule has 0 spiro atoms. The fourth-order valence-corrected chi connectivity index (χ4v) is 4.88. The average molecular weight is 559 g/mol. The van der Waals surface area contributed by atoms with Crippen molar-refractivity contribution in [2.75, 3.05) is 20.6 Å². The summed E-state index contributed by atoms with van der Waals surface area (Å²) in [6.45, 7) is 5.53. The first-order valence-corrected chi connectivity index (χ1v) is 13.8. The minimum Gasteiger partial charge on any atom is -0.444 e. The van der Waals surface area contributed by atoms with Crippen molar-refractivity contribution in [1.29, 1.82) is 0 Å². The number of fused-ring (bicyclic) bond motifs is 1. The van der Waals surface area contributed by atoms with Crippen molar-refractivity contribution in [3.8, 4) is 0 Å². The predicted molar refractivity (Wildman–Crippen MR) is 157 cm³/mol. The van der Waals surface area contributed by atoms with Crippen molar-refractivity contribution in [2.24, 2.45) is 0 Å². The highest BCUT2D eigenvalue weighted by molar-refractivity contribution is 5.93. The minimum absolute atomic E-state index is 0.202. The molecule has 4 amide bonds. The molecule has 216 valence electrons. The lowest BCUT2D eigenvalue weighted by atomic mass is 9.98. The molecule has 1 N–H and O–H groups in total. The number of carbonyl (C=O) groups is 4. The van der Waals surface area contributed by atoms with Crippen molar-refractivity contribution >= 4 is 34.6 Å². The van der Waals surface area contributed by atoms with E-state index in [-0.39, 0.29) is 37.6 Å². The van der Waals surface area contributed by atoms with Crippen LogP contribution in [0.25, 0.3) is 10.8 Å². The van der Waals surface area contributed by atoms with E-state index in [9.17, 15) is 19.2 Å². The summed E-state index contributed by atoms with van der Waals surface area (Å²) in [4.78, 5) is 55.7. The molecular weight excluding hydrogens is 520 g/mol. The van der Waals surface area contributed by atoms with Gasteiger partial charge in [-0.05, 0) is 42.7 Å². The summed E-state index contributed by atoms with van der Waals surface area (Å²) in [5, 5.41) is 3.36. The molecule has 9 nitrogen and oxygen atoms in total. The van der Waals surface area contributed by atoms with Crippen LogP contribution in [0.15, 0.2) is 72.8 Å². The molecule has 0 aliphatic carbocycles. The van der Waals surface area contributed by atoms with Crippen LogP contribution < -0.4 is 5.43 Å². The van der Waals surface area contributed by atoms with Gasteiger partial charge in [-0.2, -0.15) is 0 Å². The normalized spacial score (nSPS) is 14.8. The number of carbonyl (C=O) groups excluding carboxylic acids is 4. The molecule has 0 aromatic heterocycles. The first-order chi connectivity index (χ1) is 19.4. The second-order valence-corrected chi connectivity index (χ2v) is 11.4. The Labute approximate surface area is 241 Å². The Kier molecular flexibility index (Phi) is 8.95. The largest absolute Gasteiger partial charge is 0.444 e.